The minimum Gasteiger partial charge on any atom is -0.266 e. The van der Waals surface area contributed by atoms with Gasteiger partial charge in [-0.2, -0.15) is 5.10 Å². The molecule has 1 amide bonds. The molecule has 0 saturated carbocycles. The number of nitrogens with one attached hydrogen (secondary N) is 1. The van der Waals surface area contributed by atoms with Gasteiger partial charge < -0.3 is 0 Å². The third-order valence-corrected chi connectivity index (χ3v) is 2.62. The van der Waals surface area contributed by atoms with Crippen molar-refractivity contribution in [2.75, 3.05) is 0 Å². The van der Waals surface area contributed by atoms with E-state index >= 15 is 0 Å². The Morgan fingerprint density at radius 1 is 1.21 bits per heavy atom. The van der Waals surface area contributed by atoms with Crippen LogP contribution >= 0.6 is 23.2 Å². The number of carbonyl (C=O) groups excluding carboxylic acids is 1. The van der Waals surface area contributed by atoms with Crippen LogP contribution in [0.2, 0.25) is 10.2 Å². The molecule has 96 valence electrons. The molecule has 0 saturated heterocycles. The van der Waals surface area contributed by atoms with E-state index in [9.17, 15) is 4.79 Å². The fourth-order valence-electron chi connectivity index (χ4n) is 1.34. The number of nitrogens with zero attached hydrogens (tertiary/aromatic N) is 2. The topological polar surface area (TPSA) is 54.4 Å². The molecule has 0 aliphatic rings. The van der Waals surface area contributed by atoms with Crippen molar-refractivity contribution in [3.63, 3.8) is 0 Å². The monoisotopic (exact) mass is 293 g/mol. The van der Waals surface area contributed by atoms with Crippen LogP contribution in [-0.4, -0.2) is 17.1 Å². The van der Waals surface area contributed by atoms with E-state index in [0.717, 1.165) is 5.56 Å². The second-order valence-electron chi connectivity index (χ2n) is 3.60. The minimum absolute atomic E-state index is 0.204. The molecular formula is C13H9Cl2N3O. The van der Waals surface area contributed by atoms with E-state index in [2.05, 4.69) is 15.5 Å². The zero-order valence-electron chi connectivity index (χ0n) is 9.68. The van der Waals surface area contributed by atoms with E-state index in [1.165, 1.54) is 6.21 Å². The maximum absolute atomic E-state index is 11.7. The Labute approximate surface area is 120 Å². The van der Waals surface area contributed by atoms with Gasteiger partial charge in [-0.25, -0.2) is 10.4 Å². The number of carbonyl (C=O) groups is 1. The van der Waals surface area contributed by atoms with Gasteiger partial charge in [0.05, 0.1) is 6.21 Å². The van der Waals surface area contributed by atoms with Crippen molar-refractivity contribution < 1.29 is 4.79 Å². The van der Waals surface area contributed by atoms with E-state index in [4.69, 9.17) is 23.2 Å². The predicted octanol–water partition coefficient (Wildman–Crippen LogP) is 3.15. The molecular weight excluding hydrogens is 285 g/mol. The quantitative estimate of drug-likeness (QED) is 0.537. The van der Waals surface area contributed by atoms with E-state index < -0.39 is 5.91 Å². The van der Waals surface area contributed by atoms with E-state index in [1.807, 2.05) is 6.07 Å². The average Bonchev–Trinajstić information content (AvgIpc) is 2.38. The van der Waals surface area contributed by atoms with Gasteiger partial charge in [-0.15, -0.1) is 0 Å². The van der Waals surface area contributed by atoms with E-state index in [0.29, 0.717) is 5.02 Å². The van der Waals surface area contributed by atoms with Gasteiger partial charge >= 0.3 is 0 Å². The second-order valence-corrected chi connectivity index (χ2v) is 4.42. The lowest BCUT2D eigenvalue weighted by molar-refractivity contribution is 0.0950. The zero-order valence-corrected chi connectivity index (χ0v) is 11.2. The number of benzene rings is 1. The Morgan fingerprint density at radius 3 is 2.74 bits per heavy atom. The van der Waals surface area contributed by atoms with Crippen LogP contribution in [-0.2, 0) is 0 Å². The molecule has 0 aliphatic carbocycles. The molecule has 0 aliphatic heterocycles. The highest BCUT2D eigenvalue weighted by Gasteiger charge is 2.05. The number of hydrazone groups is 1. The third-order valence-electron chi connectivity index (χ3n) is 2.18. The van der Waals surface area contributed by atoms with E-state index in [-0.39, 0.29) is 10.8 Å². The fraction of sp³-hybridized carbons (Fsp3) is 0. The summed E-state index contributed by atoms with van der Waals surface area (Å²) in [4.78, 5) is 15.6. The standard InChI is InChI=1S/C13H9Cl2N3O/c14-10-4-1-3-9(7-10)8-16-18-13(19)11-5-2-6-12(15)17-11/h1-8H,(H,18,19)/b16-8-. The smallest absolute Gasteiger partial charge is 0.266 e. The van der Waals surface area contributed by atoms with Crippen LogP contribution in [0.3, 0.4) is 0 Å². The maximum Gasteiger partial charge on any atom is 0.290 e. The van der Waals surface area contributed by atoms with Crippen LogP contribution < -0.4 is 5.43 Å². The Hall–Kier alpha value is -1.91. The lowest BCUT2D eigenvalue weighted by Gasteiger charge is -1.99. The molecule has 1 aromatic heterocycles. The van der Waals surface area contributed by atoms with Crippen LogP contribution in [0.25, 0.3) is 0 Å². The average molecular weight is 294 g/mol. The first-order valence-corrected chi connectivity index (χ1v) is 6.12. The largest absolute Gasteiger partial charge is 0.290 e. The molecule has 0 spiro atoms. The van der Waals surface area contributed by atoms with Crippen LogP contribution in [0.4, 0.5) is 0 Å². The zero-order chi connectivity index (χ0) is 13.7. The van der Waals surface area contributed by atoms with Crippen LogP contribution in [0.15, 0.2) is 47.6 Å². The molecule has 0 unspecified atom stereocenters. The highest BCUT2D eigenvalue weighted by Crippen LogP contribution is 2.08. The number of halogens is 2. The molecule has 2 aromatic rings. The van der Waals surface area contributed by atoms with Crippen molar-refractivity contribution in [3.8, 4) is 0 Å². The molecule has 1 aromatic carbocycles. The summed E-state index contributed by atoms with van der Waals surface area (Å²) in [6, 6.07) is 11.9. The predicted molar refractivity (Wildman–Crippen MR) is 75.8 cm³/mol. The fourth-order valence-corrected chi connectivity index (χ4v) is 1.71. The molecule has 6 heteroatoms. The molecule has 0 atom stereocenters. The Kier molecular flexibility index (Phi) is 4.49. The second kappa shape index (κ2) is 6.31. The Balaban J connectivity index is 2.01. The van der Waals surface area contributed by atoms with Crippen molar-refractivity contribution in [1.29, 1.82) is 0 Å². The third kappa shape index (κ3) is 4.05. The summed E-state index contributed by atoms with van der Waals surface area (Å²) in [7, 11) is 0. The van der Waals surface area contributed by atoms with Crippen LogP contribution in [0.1, 0.15) is 16.1 Å². The van der Waals surface area contributed by atoms with Gasteiger partial charge in [0.15, 0.2) is 0 Å². The molecule has 4 nitrogen and oxygen atoms in total. The van der Waals surface area contributed by atoms with Crippen molar-refractivity contribution in [2.24, 2.45) is 5.10 Å². The van der Waals surface area contributed by atoms with Gasteiger partial charge in [-0.3, -0.25) is 4.79 Å². The van der Waals surface area contributed by atoms with Gasteiger partial charge in [0, 0.05) is 5.02 Å². The van der Waals surface area contributed by atoms with Gasteiger partial charge in [0.1, 0.15) is 10.8 Å². The normalized spacial score (nSPS) is 10.6. The van der Waals surface area contributed by atoms with Crippen molar-refractivity contribution in [3.05, 3.63) is 63.9 Å². The lowest BCUT2D eigenvalue weighted by atomic mass is 10.2. The van der Waals surface area contributed by atoms with E-state index in [1.54, 1.807) is 36.4 Å². The summed E-state index contributed by atoms with van der Waals surface area (Å²) in [6.45, 7) is 0. The first kappa shape index (κ1) is 13.5. The first-order chi connectivity index (χ1) is 9.15. The van der Waals surface area contributed by atoms with Gasteiger partial charge in [-0.1, -0.05) is 41.4 Å². The van der Waals surface area contributed by atoms with Crippen LogP contribution in [0.5, 0.6) is 0 Å². The number of hydrogen-bond donors (Lipinski definition) is 1. The van der Waals surface area contributed by atoms with Crippen molar-refractivity contribution in [2.45, 2.75) is 0 Å². The molecule has 1 heterocycles. The highest BCUT2D eigenvalue weighted by molar-refractivity contribution is 6.30. The molecule has 0 radical (unpaired) electrons. The summed E-state index contributed by atoms with van der Waals surface area (Å²) in [5.41, 5.74) is 3.35. The Bertz CT molecular complexity index is 629. The summed E-state index contributed by atoms with van der Waals surface area (Å²) in [5, 5.41) is 4.68. The number of hydrogen-bond acceptors (Lipinski definition) is 3. The summed E-state index contributed by atoms with van der Waals surface area (Å²) >= 11 is 11.5. The highest BCUT2D eigenvalue weighted by atomic mass is 35.5. The molecule has 1 N–H and O–H groups in total. The lowest BCUT2D eigenvalue weighted by Crippen LogP contribution is -2.18. The molecule has 0 fully saturated rings. The SMILES string of the molecule is O=C(N/N=C\c1cccc(Cl)c1)c1cccc(Cl)n1. The minimum atomic E-state index is -0.430. The summed E-state index contributed by atoms with van der Waals surface area (Å²) in [6.07, 6.45) is 1.49. The number of rotatable bonds is 3. The maximum atomic E-state index is 11.7. The van der Waals surface area contributed by atoms with Gasteiger partial charge in [-0.05, 0) is 29.8 Å². The number of pyridine rings is 1. The molecule has 0 bridgehead atoms. The van der Waals surface area contributed by atoms with Crippen molar-refractivity contribution in [1.82, 2.24) is 10.4 Å². The number of amides is 1. The molecule has 2 rings (SSSR count). The van der Waals surface area contributed by atoms with Crippen LogP contribution in [0, 0.1) is 0 Å². The van der Waals surface area contributed by atoms with Crippen molar-refractivity contribution >= 4 is 35.3 Å². The number of aromatic nitrogens is 1. The van der Waals surface area contributed by atoms with Gasteiger partial charge in [0.25, 0.3) is 5.91 Å². The molecule has 19 heavy (non-hydrogen) atoms. The summed E-state index contributed by atoms with van der Waals surface area (Å²) < 4.78 is 0. The summed E-state index contributed by atoms with van der Waals surface area (Å²) in [5.74, 6) is -0.430. The van der Waals surface area contributed by atoms with Gasteiger partial charge in [0.2, 0.25) is 0 Å². The Morgan fingerprint density at radius 2 is 2.00 bits per heavy atom. The first-order valence-electron chi connectivity index (χ1n) is 5.37.